The van der Waals surface area contributed by atoms with E-state index in [2.05, 4.69) is 10.6 Å². The maximum atomic E-state index is 12.9. The molecule has 0 bridgehead atoms. The third-order valence-corrected chi connectivity index (χ3v) is 5.81. The van der Waals surface area contributed by atoms with Crippen LogP contribution in [0.1, 0.15) is 33.6 Å². The molecular formula is C20H18ClN3O4. The maximum absolute atomic E-state index is 12.9. The van der Waals surface area contributed by atoms with Crippen LogP contribution in [0.4, 0.5) is 5.69 Å². The predicted octanol–water partition coefficient (Wildman–Crippen LogP) is 2.86. The van der Waals surface area contributed by atoms with Gasteiger partial charge in [0.05, 0.1) is 16.3 Å². The maximum Gasteiger partial charge on any atom is 0.255 e. The van der Waals surface area contributed by atoms with Gasteiger partial charge in [-0.15, -0.1) is 0 Å². The molecule has 2 aromatic rings. The number of nitrogens with one attached hydrogen (secondary N) is 2. The van der Waals surface area contributed by atoms with Crippen molar-refractivity contribution in [2.24, 2.45) is 0 Å². The number of likely N-dealkylation sites (tertiary alicyclic amines) is 1. The minimum absolute atomic E-state index is 0.0614. The summed E-state index contributed by atoms with van der Waals surface area (Å²) in [5, 5.41) is 6.99. The average Bonchev–Trinajstić information content (AvgIpc) is 3.17. The molecule has 0 aliphatic carbocycles. The number of anilines is 1. The first-order valence-electron chi connectivity index (χ1n) is 9.13. The normalized spacial score (nSPS) is 19.0. The molecule has 0 atom stereocenters. The highest BCUT2D eigenvalue weighted by Gasteiger charge is 2.41. The monoisotopic (exact) mass is 399 g/mol. The number of benzene rings is 2. The molecule has 5 rings (SSSR count). The number of carbonyl (C=O) groups excluding carboxylic acids is 2. The number of hydrogen-bond donors (Lipinski definition) is 2. The SMILES string of the molecule is O=C1NC2(CCN(C(=O)c3ccc4c(c3)OCO4)CC2)Nc2c(Cl)cccc21. The molecule has 2 N–H and O–H groups in total. The predicted molar refractivity (Wildman–Crippen MR) is 103 cm³/mol. The number of nitrogens with zero attached hydrogens (tertiary/aromatic N) is 1. The van der Waals surface area contributed by atoms with Gasteiger partial charge < -0.3 is 25.0 Å². The number of hydrogen-bond acceptors (Lipinski definition) is 5. The lowest BCUT2D eigenvalue weighted by Gasteiger charge is -2.46. The summed E-state index contributed by atoms with van der Waals surface area (Å²) in [4.78, 5) is 27.2. The van der Waals surface area contributed by atoms with Gasteiger partial charge >= 0.3 is 0 Å². The summed E-state index contributed by atoms with van der Waals surface area (Å²) in [7, 11) is 0. The Morgan fingerprint density at radius 2 is 1.86 bits per heavy atom. The second-order valence-corrected chi connectivity index (χ2v) is 7.59. The fourth-order valence-corrected chi connectivity index (χ4v) is 4.17. The van der Waals surface area contributed by atoms with Crippen LogP contribution in [0.5, 0.6) is 11.5 Å². The lowest BCUT2D eigenvalue weighted by Crippen LogP contribution is -2.62. The highest BCUT2D eigenvalue weighted by Crippen LogP contribution is 2.37. The zero-order valence-electron chi connectivity index (χ0n) is 15.0. The van der Waals surface area contributed by atoms with Crippen molar-refractivity contribution in [3.63, 3.8) is 0 Å². The molecule has 28 heavy (non-hydrogen) atoms. The number of amides is 2. The van der Waals surface area contributed by atoms with Gasteiger partial charge in [0.1, 0.15) is 5.66 Å². The molecule has 144 valence electrons. The number of para-hydroxylation sites is 1. The lowest BCUT2D eigenvalue weighted by molar-refractivity contribution is 0.0639. The first-order chi connectivity index (χ1) is 13.5. The second-order valence-electron chi connectivity index (χ2n) is 7.18. The van der Waals surface area contributed by atoms with Crippen LogP contribution >= 0.6 is 11.6 Å². The van der Waals surface area contributed by atoms with Crippen molar-refractivity contribution in [3.05, 3.63) is 52.5 Å². The Morgan fingerprint density at radius 3 is 2.68 bits per heavy atom. The van der Waals surface area contributed by atoms with Crippen molar-refractivity contribution in [1.82, 2.24) is 10.2 Å². The van der Waals surface area contributed by atoms with Gasteiger partial charge in [-0.05, 0) is 30.3 Å². The molecule has 3 aliphatic rings. The largest absolute Gasteiger partial charge is 0.454 e. The Morgan fingerprint density at radius 1 is 1.07 bits per heavy atom. The third kappa shape index (κ3) is 2.74. The van der Waals surface area contributed by atoms with Gasteiger partial charge in [0.15, 0.2) is 11.5 Å². The van der Waals surface area contributed by atoms with Crippen molar-refractivity contribution in [3.8, 4) is 11.5 Å². The van der Waals surface area contributed by atoms with Crippen LogP contribution in [-0.2, 0) is 0 Å². The molecule has 2 aromatic carbocycles. The van der Waals surface area contributed by atoms with E-state index in [4.69, 9.17) is 21.1 Å². The van der Waals surface area contributed by atoms with E-state index in [1.54, 1.807) is 41.3 Å². The number of fused-ring (bicyclic) bond motifs is 2. The summed E-state index contributed by atoms with van der Waals surface area (Å²) in [6.45, 7) is 1.20. The van der Waals surface area contributed by atoms with Crippen LogP contribution in [0.15, 0.2) is 36.4 Å². The smallest absolute Gasteiger partial charge is 0.255 e. The molecule has 3 heterocycles. The van der Waals surface area contributed by atoms with Gasteiger partial charge in [0.2, 0.25) is 6.79 Å². The first kappa shape index (κ1) is 17.2. The van der Waals surface area contributed by atoms with Crippen LogP contribution in [0.3, 0.4) is 0 Å². The van der Waals surface area contributed by atoms with Crippen LogP contribution < -0.4 is 20.1 Å². The van der Waals surface area contributed by atoms with Gasteiger partial charge in [0.25, 0.3) is 11.8 Å². The fourth-order valence-electron chi connectivity index (χ4n) is 3.95. The summed E-state index contributed by atoms with van der Waals surface area (Å²) in [6.07, 6.45) is 1.17. The molecule has 1 fully saturated rings. The summed E-state index contributed by atoms with van der Waals surface area (Å²) >= 11 is 6.29. The third-order valence-electron chi connectivity index (χ3n) is 5.50. The zero-order chi connectivity index (χ0) is 19.3. The number of halogens is 1. The summed E-state index contributed by atoms with van der Waals surface area (Å²) < 4.78 is 10.7. The van der Waals surface area contributed by atoms with Crippen molar-refractivity contribution in [1.29, 1.82) is 0 Å². The number of piperidine rings is 1. The Kier molecular flexibility index (Phi) is 3.87. The average molecular weight is 400 g/mol. The fraction of sp³-hybridized carbons (Fsp3) is 0.300. The Labute approximate surface area is 166 Å². The molecule has 3 aliphatic heterocycles. The van der Waals surface area contributed by atoms with Gasteiger partial charge in [-0.25, -0.2) is 0 Å². The van der Waals surface area contributed by atoms with Crippen LogP contribution in [0.25, 0.3) is 0 Å². The summed E-state index contributed by atoms with van der Waals surface area (Å²) in [6, 6.07) is 10.5. The van der Waals surface area contributed by atoms with Crippen molar-refractivity contribution >= 4 is 29.1 Å². The van der Waals surface area contributed by atoms with E-state index in [0.29, 0.717) is 59.3 Å². The van der Waals surface area contributed by atoms with Gasteiger partial charge in [-0.3, -0.25) is 9.59 Å². The number of carbonyl (C=O) groups is 2. The van der Waals surface area contributed by atoms with Gasteiger partial charge in [0, 0.05) is 31.5 Å². The molecule has 1 saturated heterocycles. The van der Waals surface area contributed by atoms with E-state index in [9.17, 15) is 9.59 Å². The quantitative estimate of drug-likeness (QED) is 0.770. The van der Waals surface area contributed by atoms with Crippen molar-refractivity contribution in [2.75, 3.05) is 25.2 Å². The highest BCUT2D eigenvalue weighted by molar-refractivity contribution is 6.34. The van der Waals surface area contributed by atoms with E-state index >= 15 is 0 Å². The van der Waals surface area contributed by atoms with E-state index in [0.717, 1.165) is 0 Å². The Balaban J connectivity index is 1.32. The van der Waals surface area contributed by atoms with Gasteiger partial charge in [-0.2, -0.15) is 0 Å². The molecule has 0 unspecified atom stereocenters. The minimum atomic E-state index is -0.596. The first-order valence-corrected chi connectivity index (χ1v) is 9.51. The molecule has 8 heteroatoms. The standard InChI is InChI=1S/C20H18ClN3O4/c21-14-3-1-2-13-17(14)22-20(23-18(13)25)6-8-24(9-7-20)19(26)12-4-5-15-16(10-12)28-11-27-15/h1-5,10,22H,6-9,11H2,(H,23,25). The van der Waals surface area contributed by atoms with E-state index in [1.165, 1.54) is 0 Å². The molecule has 0 saturated carbocycles. The number of rotatable bonds is 1. The van der Waals surface area contributed by atoms with E-state index in [-0.39, 0.29) is 18.6 Å². The van der Waals surface area contributed by atoms with Crippen LogP contribution in [0, 0.1) is 0 Å². The molecule has 0 radical (unpaired) electrons. The van der Waals surface area contributed by atoms with Crippen LogP contribution in [0.2, 0.25) is 5.02 Å². The molecular weight excluding hydrogens is 382 g/mol. The van der Waals surface area contributed by atoms with Gasteiger partial charge in [-0.1, -0.05) is 17.7 Å². The van der Waals surface area contributed by atoms with E-state index in [1.807, 2.05) is 0 Å². The number of ether oxygens (including phenoxy) is 2. The second kappa shape index (κ2) is 6.31. The Bertz CT molecular complexity index is 985. The minimum Gasteiger partial charge on any atom is -0.454 e. The molecule has 1 spiro atoms. The molecule has 7 nitrogen and oxygen atoms in total. The van der Waals surface area contributed by atoms with Crippen molar-refractivity contribution < 1.29 is 19.1 Å². The summed E-state index contributed by atoms with van der Waals surface area (Å²) in [5.41, 5.74) is 1.16. The molecule has 2 amide bonds. The Hall–Kier alpha value is -2.93. The van der Waals surface area contributed by atoms with Crippen LogP contribution in [-0.4, -0.2) is 42.3 Å². The highest BCUT2D eigenvalue weighted by atomic mass is 35.5. The van der Waals surface area contributed by atoms with E-state index < -0.39 is 5.66 Å². The lowest BCUT2D eigenvalue weighted by atomic mass is 9.92. The topological polar surface area (TPSA) is 79.9 Å². The zero-order valence-corrected chi connectivity index (χ0v) is 15.7. The van der Waals surface area contributed by atoms with Crippen molar-refractivity contribution in [2.45, 2.75) is 18.5 Å². The summed E-state index contributed by atoms with van der Waals surface area (Å²) in [5.74, 6) is 1.03. The molecule has 0 aromatic heterocycles.